The SMILES string of the molecule is COC(=O)C(O)c1ccc(F)c(SC)c1. The molecule has 0 heterocycles. The molecule has 0 aliphatic carbocycles. The van der Waals surface area contributed by atoms with Gasteiger partial charge in [-0.05, 0) is 24.0 Å². The lowest BCUT2D eigenvalue weighted by molar-refractivity contribution is -0.150. The van der Waals surface area contributed by atoms with Crippen molar-refractivity contribution in [1.82, 2.24) is 0 Å². The van der Waals surface area contributed by atoms with Crippen LogP contribution in [0.1, 0.15) is 11.7 Å². The van der Waals surface area contributed by atoms with Crippen LogP contribution in [0.4, 0.5) is 4.39 Å². The average molecular weight is 230 g/mol. The minimum Gasteiger partial charge on any atom is -0.467 e. The number of aliphatic hydroxyl groups excluding tert-OH is 1. The number of hydrogen-bond donors (Lipinski definition) is 1. The zero-order valence-electron chi connectivity index (χ0n) is 8.36. The van der Waals surface area contributed by atoms with E-state index in [0.29, 0.717) is 10.5 Å². The first-order chi connectivity index (χ1) is 7.10. The monoisotopic (exact) mass is 230 g/mol. The summed E-state index contributed by atoms with van der Waals surface area (Å²) in [6, 6.07) is 4.01. The molecule has 82 valence electrons. The summed E-state index contributed by atoms with van der Waals surface area (Å²) < 4.78 is 17.5. The van der Waals surface area contributed by atoms with E-state index in [1.165, 1.54) is 37.1 Å². The van der Waals surface area contributed by atoms with Crippen LogP contribution in [0.25, 0.3) is 0 Å². The Morgan fingerprint density at radius 1 is 1.60 bits per heavy atom. The molecule has 3 nitrogen and oxygen atoms in total. The van der Waals surface area contributed by atoms with E-state index in [4.69, 9.17) is 0 Å². The minimum atomic E-state index is -1.36. The van der Waals surface area contributed by atoms with Gasteiger partial charge in [-0.2, -0.15) is 0 Å². The number of carbonyl (C=O) groups excluding carboxylic acids is 1. The van der Waals surface area contributed by atoms with Crippen LogP contribution < -0.4 is 0 Å². The molecule has 0 aromatic heterocycles. The second-order valence-electron chi connectivity index (χ2n) is 2.82. The maximum absolute atomic E-state index is 13.1. The summed E-state index contributed by atoms with van der Waals surface area (Å²) in [4.78, 5) is 11.4. The number of thioether (sulfide) groups is 1. The molecule has 0 amide bonds. The number of esters is 1. The molecule has 5 heteroatoms. The van der Waals surface area contributed by atoms with E-state index < -0.39 is 12.1 Å². The minimum absolute atomic E-state index is 0.326. The van der Waals surface area contributed by atoms with Crippen molar-refractivity contribution in [1.29, 1.82) is 0 Å². The van der Waals surface area contributed by atoms with Crippen LogP contribution in [0.5, 0.6) is 0 Å². The molecule has 0 spiro atoms. The van der Waals surface area contributed by atoms with Gasteiger partial charge in [0, 0.05) is 4.90 Å². The van der Waals surface area contributed by atoms with E-state index in [9.17, 15) is 14.3 Å². The van der Waals surface area contributed by atoms with Crippen molar-refractivity contribution >= 4 is 17.7 Å². The van der Waals surface area contributed by atoms with Crippen molar-refractivity contribution < 1.29 is 19.0 Å². The fraction of sp³-hybridized carbons (Fsp3) is 0.300. The van der Waals surface area contributed by atoms with Crippen molar-refractivity contribution in [2.75, 3.05) is 13.4 Å². The summed E-state index contributed by atoms with van der Waals surface area (Å²) in [7, 11) is 1.19. The number of hydrogen-bond acceptors (Lipinski definition) is 4. The van der Waals surface area contributed by atoms with Gasteiger partial charge in [-0.3, -0.25) is 0 Å². The number of benzene rings is 1. The molecule has 0 saturated carbocycles. The van der Waals surface area contributed by atoms with Gasteiger partial charge in [0.1, 0.15) is 5.82 Å². The van der Waals surface area contributed by atoms with E-state index in [2.05, 4.69) is 4.74 Å². The molecule has 1 N–H and O–H groups in total. The maximum atomic E-state index is 13.1. The molecule has 0 aliphatic rings. The molecule has 1 aromatic carbocycles. The first kappa shape index (κ1) is 12.0. The molecule has 0 fully saturated rings. The largest absolute Gasteiger partial charge is 0.467 e. The normalized spacial score (nSPS) is 12.3. The molecular formula is C10H11FO3S. The van der Waals surface area contributed by atoms with E-state index in [1.807, 2.05) is 0 Å². The topological polar surface area (TPSA) is 46.5 Å². The van der Waals surface area contributed by atoms with Crippen molar-refractivity contribution in [2.24, 2.45) is 0 Å². The van der Waals surface area contributed by atoms with Crippen LogP contribution in [0.15, 0.2) is 23.1 Å². The van der Waals surface area contributed by atoms with Gasteiger partial charge < -0.3 is 9.84 Å². The Balaban J connectivity index is 3.00. The Bertz CT molecular complexity index is 368. The Labute approximate surface area is 91.2 Å². The quantitative estimate of drug-likeness (QED) is 0.635. The number of carbonyl (C=O) groups is 1. The molecule has 0 radical (unpaired) electrons. The highest BCUT2D eigenvalue weighted by atomic mass is 32.2. The number of ether oxygens (including phenoxy) is 1. The van der Waals surface area contributed by atoms with Gasteiger partial charge in [-0.15, -0.1) is 11.8 Å². The molecule has 0 aliphatic heterocycles. The standard InChI is InChI=1S/C10H11FO3S/c1-14-10(13)9(12)6-3-4-7(11)8(5-6)15-2/h3-5,9,12H,1-2H3. The third kappa shape index (κ3) is 2.70. The molecule has 15 heavy (non-hydrogen) atoms. The van der Waals surface area contributed by atoms with Crippen LogP contribution in [0.3, 0.4) is 0 Å². The Kier molecular flexibility index (Phi) is 4.11. The van der Waals surface area contributed by atoms with E-state index in [-0.39, 0.29) is 5.82 Å². The predicted molar refractivity (Wildman–Crippen MR) is 55.2 cm³/mol. The Morgan fingerprint density at radius 2 is 2.27 bits per heavy atom. The third-order valence-electron chi connectivity index (χ3n) is 1.92. The van der Waals surface area contributed by atoms with Crippen molar-refractivity contribution in [3.05, 3.63) is 29.6 Å². The van der Waals surface area contributed by atoms with Crippen LogP contribution >= 0.6 is 11.8 Å². The van der Waals surface area contributed by atoms with Crippen LogP contribution in [-0.4, -0.2) is 24.4 Å². The zero-order valence-corrected chi connectivity index (χ0v) is 9.18. The fourth-order valence-electron chi connectivity index (χ4n) is 1.09. The molecule has 0 bridgehead atoms. The highest BCUT2D eigenvalue weighted by Gasteiger charge is 2.18. The second kappa shape index (κ2) is 5.14. The molecule has 1 atom stereocenters. The van der Waals surface area contributed by atoms with Gasteiger partial charge in [-0.25, -0.2) is 9.18 Å². The highest BCUT2D eigenvalue weighted by Crippen LogP contribution is 2.24. The number of methoxy groups -OCH3 is 1. The van der Waals surface area contributed by atoms with Crippen molar-refractivity contribution in [3.63, 3.8) is 0 Å². The lowest BCUT2D eigenvalue weighted by Crippen LogP contribution is -2.13. The lowest BCUT2D eigenvalue weighted by atomic mass is 10.1. The summed E-state index contributed by atoms with van der Waals surface area (Å²) in [6.07, 6.45) is 0.355. The molecule has 1 rings (SSSR count). The molecule has 1 unspecified atom stereocenters. The summed E-state index contributed by atoms with van der Waals surface area (Å²) in [6.45, 7) is 0. The van der Waals surface area contributed by atoms with E-state index >= 15 is 0 Å². The number of aliphatic hydroxyl groups is 1. The lowest BCUT2D eigenvalue weighted by Gasteiger charge is -2.09. The highest BCUT2D eigenvalue weighted by molar-refractivity contribution is 7.98. The first-order valence-electron chi connectivity index (χ1n) is 4.19. The predicted octanol–water partition coefficient (Wildman–Crippen LogP) is 1.75. The maximum Gasteiger partial charge on any atom is 0.339 e. The van der Waals surface area contributed by atoms with Crippen LogP contribution in [0, 0.1) is 5.82 Å². The van der Waals surface area contributed by atoms with Crippen LogP contribution in [-0.2, 0) is 9.53 Å². The van der Waals surface area contributed by atoms with Gasteiger partial charge in [0.25, 0.3) is 0 Å². The zero-order chi connectivity index (χ0) is 11.4. The fourth-order valence-corrected chi connectivity index (χ4v) is 1.61. The third-order valence-corrected chi connectivity index (χ3v) is 2.67. The Morgan fingerprint density at radius 3 is 2.80 bits per heavy atom. The summed E-state index contributed by atoms with van der Waals surface area (Å²) >= 11 is 1.21. The summed E-state index contributed by atoms with van der Waals surface area (Å²) in [5.41, 5.74) is 0.326. The number of rotatable bonds is 3. The smallest absolute Gasteiger partial charge is 0.339 e. The summed E-state index contributed by atoms with van der Waals surface area (Å²) in [5, 5.41) is 9.49. The van der Waals surface area contributed by atoms with Gasteiger partial charge in [0.05, 0.1) is 7.11 Å². The molecule has 0 saturated heterocycles. The molecular weight excluding hydrogens is 219 g/mol. The van der Waals surface area contributed by atoms with Crippen molar-refractivity contribution in [3.8, 4) is 0 Å². The first-order valence-corrected chi connectivity index (χ1v) is 5.42. The van der Waals surface area contributed by atoms with E-state index in [1.54, 1.807) is 6.26 Å². The van der Waals surface area contributed by atoms with Gasteiger partial charge in [-0.1, -0.05) is 6.07 Å². The van der Waals surface area contributed by atoms with Crippen LogP contribution in [0.2, 0.25) is 0 Å². The number of halogens is 1. The van der Waals surface area contributed by atoms with Gasteiger partial charge in [0.2, 0.25) is 0 Å². The van der Waals surface area contributed by atoms with Gasteiger partial charge in [0.15, 0.2) is 6.10 Å². The van der Waals surface area contributed by atoms with Crippen molar-refractivity contribution in [2.45, 2.75) is 11.0 Å². The van der Waals surface area contributed by atoms with Gasteiger partial charge >= 0.3 is 5.97 Å². The Hall–Kier alpha value is -1.07. The average Bonchev–Trinajstić information content (AvgIpc) is 2.27. The summed E-state index contributed by atoms with van der Waals surface area (Å²) in [5.74, 6) is -1.13. The molecule has 1 aromatic rings. The second-order valence-corrected chi connectivity index (χ2v) is 3.67. The van der Waals surface area contributed by atoms with E-state index in [0.717, 1.165) is 0 Å².